The lowest BCUT2D eigenvalue weighted by Gasteiger charge is -2.31. The van der Waals surface area contributed by atoms with E-state index >= 15 is 0 Å². The van der Waals surface area contributed by atoms with Crippen LogP contribution in [0.4, 0.5) is 0 Å². The highest BCUT2D eigenvalue weighted by Crippen LogP contribution is 2.19. The van der Waals surface area contributed by atoms with Gasteiger partial charge >= 0.3 is 0 Å². The molecule has 0 bridgehead atoms. The van der Waals surface area contributed by atoms with Gasteiger partial charge in [0.05, 0.1) is 18.2 Å². The van der Waals surface area contributed by atoms with Crippen molar-refractivity contribution in [2.75, 3.05) is 7.11 Å². The minimum Gasteiger partial charge on any atom is -0.391 e. The van der Waals surface area contributed by atoms with Crippen LogP contribution in [0.2, 0.25) is 0 Å². The Balaban J connectivity index is 2.42. The lowest BCUT2D eigenvalue weighted by atomic mass is 9.90. The first-order valence-corrected chi connectivity index (χ1v) is 3.72. The topological polar surface area (TPSA) is 55.5 Å². The molecule has 0 unspecified atom stereocenters. The van der Waals surface area contributed by atoms with E-state index in [1.165, 1.54) is 0 Å². The normalized spacial score (nSPS) is 41.7. The van der Waals surface area contributed by atoms with Crippen LogP contribution in [-0.4, -0.2) is 30.5 Å². The summed E-state index contributed by atoms with van der Waals surface area (Å²) >= 11 is 0. The summed E-state index contributed by atoms with van der Waals surface area (Å²) in [7, 11) is 1.64. The third-order valence-corrected chi connectivity index (χ3v) is 2.16. The molecule has 3 heteroatoms. The zero-order chi connectivity index (χ0) is 7.56. The van der Waals surface area contributed by atoms with Crippen molar-refractivity contribution in [3.63, 3.8) is 0 Å². The Morgan fingerprint density at radius 3 is 2.70 bits per heavy atom. The van der Waals surface area contributed by atoms with Gasteiger partial charge in [-0.05, 0) is 19.3 Å². The second kappa shape index (κ2) is 3.32. The number of methoxy groups -OCH3 is 1. The van der Waals surface area contributed by atoms with E-state index in [0.717, 1.165) is 19.3 Å². The van der Waals surface area contributed by atoms with E-state index < -0.39 is 0 Å². The molecule has 0 saturated heterocycles. The Kier molecular flexibility index (Phi) is 2.65. The summed E-state index contributed by atoms with van der Waals surface area (Å²) in [6.07, 6.45) is 2.52. The summed E-state index contributed by atoms with van der Waals surface area (Å²) in [6.45, 7) is 0. The van der Waals surface area contributed by atoms with Gasteiger partial charge in [0.25, 0.3) is 0 Å². The van der Waals surface area contributed by atoms with E-state index in [-0.39, 0.29) is 18.2 Å². The van der Waals surface area contributed by atoms with Crippen LogP contribution in [0.1, 0.15) is 19.3 Å². The van der Waals surface area contributed by atoms with Gasteiger partial charge in [0.2, 0.25) is 0 Å². The molecule has 0 aromatic heterocycles. The van der Waals surface area contributed by atoms with E-state index in [1.54, 1.807) is 7.11 Å². The fourth-order valence-corrected chi connectivity index (χ4v) is 1.44. The van der Waals surface area contributed by atoms with Crippen molar-refractivity contribution in [1.29, 1.82) is 0 Å². The van der Waals surface area contributed by atoms with E-state index in [4.69, 9.17) is 10.5 Å². The second-order valence-electron chi connectivity index (χ2n) is 2.85. The molecule has 3 nitrogen and oxygen atoms in total. The predicted octanol–water partition coefficient (Wildman–Crippen LogP) is -0.126. The SMILES string of the molecule is CO[C@H]1CCC[C@H](O)[C@H]1N. The number of hydrogen-bond acceptors (Lipinski definition) is 3. The van der Waals surface area contributed by atoms with Gasteiger partial charge in [-0.2, -0.15) is 0 Å². The highest BCUT2D eigenvalue weighted by molar-refractivity contribution is 4.85. The molecule has 0 aromatic rings. The van der Waals surface area contributed by atoms with Crippen LogP contribution in [0, 0.1) is 0 Å². The van der Waals surface area contributed by atoms with Crippen LogP contribution in [0.5, 0.6) is 0 Å². The average molecular weight is 145 g/mol. The fourth-order valence-electron chi connectivity index (χ4n) is 1.44. The maximum absolute atomic E-state index is 9.27. The molecule has 0 aromatic carbocycles. The molecule has 0 aliphatic heterocycles. The first kappa shape index (κ1) is 7.98. The minimum absolute atomic E-state index is 0.0590. The molecule has 1 aliphatic carbocycles. The molecular weight excluding hydrogens is 130 g/mol. The van der Waals surface area contributed by atoms with Crippen molar-refractivity contribution < 1.29 is 9.84 Å². The molecule has 0 amide bonds. The van der Waals surface area contributed by atoms with Gasteiger partial charge in [0, 0.05) is 7.11 Å². The second-order valence-corrected chi connectivity index (χ2v) is 2.85. The lowest BCUT2D eigenvalue weighted by molar-refractivity contribution is -0.00854. The molecule has 1 saturated carbocycles. The fraction of sp³-hybridized carbons (Fsp3) is 1.00. The first-order chi connectivity index (χ1) is 4.75. The molecule has 60 valence electrons. The summed E-state index contributed by atoms with van der Waals surface area (Å²) in [6, 6.07) is -0.182. The number of hydrogen-bond donors (Lipinski definition) is 2. The Labute approximate surface area is 61.2 Å². The zero-order valence-electron chi connectivity index (χ0n) is 6.29. The molecule has 0 heterocycles. The third kappa shape index (κ3) is 1.48. The number of ether oxygens (including phenoxy) is 1. The number of aliphatic hydroxyl groups excluding tert-OH is 1. The molecule has 1 aliphatic rings. The summed E-state index contributed by atoms with van der Waals surface area (Å²) in [5, 5.41) is 9.27. The molecule has 3 N–H and O–H groups in total. The molecule has 0 spiro atoms. The third-order valence-electron chi connectivity index (χ3n) is 2.16. The van der Waals surface area contributed by atoms with Crippen LogP contribution < -0.4 is 5.73 Å². The van der Waals surface area contributed by atoms with Gasteiger partial charge in [0.1, 0.15) is 0 Å². The maximum atomic E-state index is 9.27. The van der Waals surface area contributed by atoms with Gasteiger partial charge in [-0.1, -0.05) is 0 Å². The average Bonchev–Trinajstić information content (AvgIpc) is 1.95. The monoisotopic (exact) mass is 145 g/mol. The number of aliphatic hydroxyl groups is 1. The van der Waals surface area contributed by atoms with Crippen molar-refractivity contribution in [3.8, 4) is 0 Å². The maximum Gasteiger partial charge on any atom is 0.0747 e. The summed E-state index contributed by atoms with van der Waals surface area (Å²) in [5.41, 5.74) is 5.66. The molecule has 1 rings (SSSR count). The Bertz CT molecular complexity index is 108. The van der Waals surface area contributed by atoms with E-state index in [9.17, 15) is 5.11 Å². The van der Waals surface area contributed by atoms with E-state index in [0.29, 0.717) is 0 Å². The summed E-state index contributed by atoms with van der Waals surface area (Å²) in [5.74, 6) is 0. The van der Waals surface area contributed by atoms with Gasteiger partial charge in [0.15, 0.2) is 0 Å². The van der Waals surface area contributed by atoms with Crippen molar-refractivity contribution in [3.05, 3.63) is 0 Å². The smallest absolute Gasteiger partial charge is 0.0747 e. The van der Waals surface area contributed by atoms with Gasteiger partial charge in [-0.3, -0.25) is 0 Å². The predicted molar refractivity (Wildman–Crippen MR) is 38.6 cm³/mol. The van der Waals surface area contributed by atoms with Crippen LogP contribution in [0.15, 0.2) is 0 Å². The Morgan fingerprint density at radius 2 is 2.20 bits per heavy atom. The quantitative estimate of drug-likeness (QED) is 0.540. The number of nitrogens with two attached hydrogens (primary N) is 1. The van der Waals surface area contributed by atoms with Crippen LogP contribution in [0.3, 0.4) is 0 Å². The lowest BCUT2D eigenvalue weighted by Crippen LogP contribution is -2.48. The Morgan fingerprint density at radius 1 is 1.50 bits per heavy atom. The number of rotatable bonds is 1. The molecule has 3 atom stereocenters. The van der Waals surface area contributed by atoms with Crippen molar-refractivity contribution in [2.45, 2.75) is 37.5 Å². The first-order valence-electron chi connectivity index (χ1n) is 3.72. The zero-order valence-corrected chi connectivity index (χ0v) is 6.29. The van der Waals surface area contributed by atoms with Crippen molar-refractivity contribution >= 4 is 0 Å². The highest BCUT2D eigenvalue weighted by atomic mass is 16.5. The molecule has 0 radical (unpaired) electrons. The summed E-state index contributed by atoms with van der Waals surface area (Å²) in [4.78, 5) is 0. The highest BCUT2D eigenvalue weighted by Gasteiger charge is 2.28. The Hall–Kier alpha value is -0.120. The standard InChI is InChI=1S/C7H15NO2/c1-10-6-4-2-3-5(9)7(6)8/h5-7,9H,2-4,8H2,1H3/t5-,6-,7+/m0/s1. The van der Waals surface area contributed by atoms with Gasteiger partial charge < -0.3 is 15.6 Å². The van der Waals surface area contributed by atoms with Crippen LogP contribution in [0.25, 0.3) is 0 Å². The molecular formula is C7H15NO2. The minimum atomic E-state index is -0.362. The van der Waals surface area contributed by atoms with Gasteiger partial charge in [-0.15, -0.1) is 0 Å². The van der Waals surface area contributed by atoms with Crippen LogP contribution in [-0.2, 0) is 4.74 Å². The van der Waals surface area contributed by atoms with Crippen molar-refractivity contribution in [1.82, 2.24) is 0 Å². The molecule has 10 heavy (non-hydrogen) atoms. The summed E-state index contributed by atoms with van der Waals surface area (Å²) < 4.78 is 5.09. The van der Waals surface area contributed by atoms with Gasteiger partial charge in [-0.25, -0.2) is 0 Å². The van der Waals surface area contributed by atoms with E-state index in [1.807, 2.05) is 0 Å². The van der Waals surface area contributed by atoms with E-state index in [2.05, 4.69) is 0 Å². The van der Waals surface area contributed by atoms with Crippen LogP contribution >= 0.6 is 0 Å². The largest absolute Gasteiger partial charge is 0.391 e. The van der Waals surface area contributed by atoms with Crippen molar-refractivity contribution in [2.24, 2.45) is 5.73 Å². The molecule has 1 fully saturated rings.